The van der Waals surface area contributed by atoms with Gasteiger partial charge in [0.25, 0.3) is 6.33 Å². The molecule has 0 saturated heterocycles. The van der Waals surface area contributed by atoms with E-state index in [-0.39, 0.29) is 99.2 Å². The van der Waals surface area contributed by atoms with Gasteiger partial charge in [-0.3, -0.25) is 4.57 Å². The maximum Gasteiger partial charge on any atom is 0.268 e. The van der Waals surface area contributed by atoms with Crippen LogP contribution < -0.4 is 9.30 Å². The average Bonchev–Trinajstić information content (AvgIpc) is 1.48. The first-order chi connectivity index (χ1) is 39.3. The van der Waals surface area contributed by atoms with E-state index in [4.69, 9.17) is 17.9 Å². The molecule has 0 N–H and O–H groups in total. The summed E-state index contributed by atoms with van der Waals surface area (Å²) in [6.45, 7) is -0.322. The van der Waals surface area contributed by atoms with Crippen LogP contribution in [0.2, 0.25) is 0 Å². The minimum absolute atomic E-state index is 0. The minimum atomic E-state index is -3.34. The van der Waals surface area contributed by atoms with Crippen molar-refractivity contribution in [3.05, 3.63) is 211 Å². The van der Waals surface area contributed by atoms with E-state index < -0.39 is 79.7 Å². The van der Waals surface area contributed by atoms with E-state index in [1.54, 1.807) is 48.7 Å². The number of nitrogens with zero attached hydrogens (tertiary/aromatic N) is 5. The van der Waals surface area contributed by atoms with Crippen LogP contribution in [0.25, 0.3) is 94.1 Å². The van der Waals surface area contributed by atoms with Crippen molar-refractivity contribution in [2.24, 2.45) is 0 Å². The van der Waals surface area contributed by atoms with Gasteiger partial charge in [0.15, 0.2) is 0 Å². The van der Waals surface area contributed by atoms with E-state index in [2.05, 4.69) is 39.2 Å². The molecule has 0 radical (unpaired) electrons. The molecule has 5 heterocycles. The van der Waals surface area contributed by atoms with E-state index in [1.807, 2.05) is 47.0 Å². The third-order valence-electron chi connectivity index (χ3n) is 12.7. The first-order valence-electron chi connectivity index (χ1n) is 29.7. The van der Waals surface area contributed by atoms with Gasteiger partial charge in [-0.2, -0.15) is 12.1 Å². The Kier molecular flexibility index (Phi) is 6.38. The van der Waals surface area contributed by atoms with E-state index in [1.165, 1.54) is 44.0 Å². The van der Waals surface area contributed by atoms with Gasteiger partial charge in [0, 0.05) is 74.3 Å². The quantitative estimate of drug-likeness (QED) is 0.123. The number of para-hydroxylation sites is 3. The molecule has 0 bridgehead atoms. The molecule has 1 aliphatic rings. The molecular formula is C61H45N5OPt-2. The van der Waals surface area contributed by atoms with Crippen molar-refractivity contribution in [1.29, 1.82) is 0 Å². The zero-order valence-corrected chi connectivity index (χ0v) is 38.8. The fourth-order valence-electron chi connectivity index (χ4n) is 9.68. The summed E-state index contributed by atoms with van der Waals surface area (Å²) in [4.78, 5) is 4.80. The predicted octanol–water partition coefficient (Wildman–Crippen LogP) is 14.4. The van der Waals surface area contributed by atoms with E-state index in [0.29, 0.717) is 22.1 Å². The average molecular weight is 1080 g/mol. The third-order valence-corrected chi connectivity index (χ3v) is 12.7. The Hall–Kier alpha value is -7.53. The molecule has 4 aromatic heterocycles. The minimum Gasteiger partial charge on any atom is -0.510 e. The largest absolute Gasteiger partial charge is 0.510 e. The third kappa shape index (κ3) is 6.27. The number of hydrogen-bond acceptors (Lipinski definition) is 2. The maximum absolute atomic E-state index is 9.50. The number of pyridine rings is 1. The van der Waals surface area contributed by atoms with Crippen LogP contribution in [-0.2, 0) is 32.0 Å². The summed E-state index contributed by atoms with van der Waals surface area (Å²) in [6, 6.07) is 33.4. The van der Waals surface area contributed by atoms with Gasteiger partial charge in [0.2, 0.25) is 0 Å². The maximum atomic E-state index is 9.50. The van der Waals surface area contributed by atoms with Crippen LogP contribution in [-0.4, -0.2) is 18.7 Å². The van der Waals surface area contributed by atoms with E-state index >= 15 is 0 Å². The number of benzene rings is 8. The first kappa shape index (κ1) is 28.0. The van der Waals surface area contributed by atoms with Gasteiger partial charge < -0.3 is 18.4 Å². The zero-order chi connectivity index (χ0) is 58.9. The number of fused-ring (bicyclic) bond motifs is 8. The summed E-state index contributed by atoms with van der Waals surface area (Å²) in [5.41, 5.74) is -0.824. The molecule has 7 heteroatoms. The SMILES string of the molecule is [2H]c1c([2H])c([2H])c(-c2cccc(-c3c([2H])c([2H])c([2H])c([2H])c3[2H])c2-[n+]2[c-]n3c4c5c(ccc42)c2ccccc2n5C(C([2H])([2H])[2H])(C([2H])([2H])[2H])c2ccc(Oc4[c-]c5c(cc4)c4ccccc4n5-c4cc(C(C)(C)C)ccn4)[c-]c2-3)c([2H])c1[2H].[Pt]. The molecule has 0 unspecified atom stereocenters. The van der Waals surface area contributed by atoms with E-state index in [9.17, 15) is 13.7 Å². The fraction of sp³-hybridized carbons (Fsp3) is 0.115. The molecule has 0 aliphatic carbocycles. The van der Waals surface area contributed by atoms with Gasteiger partial charge >= 0.3 is 0 Å². The molecule has 0 atom stereocenters. The summed E-state index contributed by atoms with van der Waals surface area (Å²) in [7, 11) is 0. The Morgan fingerprint density at radius 1 is 0.662 bits per heavy atom. The van der Waals surface area contributed by atoms with Crippen LogP contribution in [0.3, 0.4) is 0 Å². The van der Waals surface area contributed by atoms with Gasteiger partial charge in [-0.15, -0.1) is 35.2 Å². The molecule has 68 heavy (non-hydrogen) atoms. The summed E-state index contributed by atoms with van der Waals surface area (Å²) < 4.78 is 159. The molecule has 13 rings (SSSR count). The second-order valence-electron chi connectivity index (χ2n) is 17.6. The summed E-state index contributed by atoms with van der Waals surface area (Å²) in [5.74, 6) is 0.862. The van der Waals surface area contributed by atoms with Crippen LogP contribution >= 0.6 is 0 Å². The van der Waals surface area contributed by atoms with Crippen molar-refractivity contribution in [2.75, 3.05) is 0 Å². The molecular weight excluding hydrogens is 1010 g/mol. The number of aromatic nitrogens is 5. The summed E-state index contributed by atoms with van der Waals surface area (Å²) in [5, 5.41) is 2.74. The van der Waals surface area contributed by atoms with Crippen LogP contribution in [0, 0.1) is 18.5 Å². The number of imidazole rings is 1. The Balaban J connectivity index is 0.00000694. The Morgan fingerprint density at radius 3 is 2.01 bits per heavy atom. The Morgan fingerprint density at radius 2 is 1.31 bits per heavy atom. The number of rotatable bonds is 6. The van der Waals surface area contributed by atoms with Gasteiger partial charge in [-0.1, -0.05) is 153 Å². The second-order valence-corrected chi connectivity index (χ2v) is 17.6. The monoisotopic (exact) mass is 1070 g/mol. The summed E-state index contributed by atoms with van der Waals surface area (Å²) >= 11 is 0. The smallest absolute Gasteiger partial charge is 0.268 e. The molecule has 6 nitrogen and oxygen atoms in total. The van der Waals surface area contributed by atoms with Gasteiger partial charge in [-0.05, 0) is 82.3 Å². The Bertz CT molecular complexity index is 4660. The molecule has 1 aliphatic heterocycles. The zero-order valence-electron chi connectivity index (χ0n) is 52.5. The standard InChI is InChI=1S/C61H45N5O.Pt/c1-60(2,3)41-33-34-62-56(35-41)65-51-25-14-12-21-46(51)48-29-27-42(36-54(48)65)67-43-28-31-50-55(37-43)64-38-63(53-32-30-49-47-22-13-15-26-52(47)66(61(50,4)5)58(49)59(53)64)57-44(39-17-8-6-9-18-39)23-16-24-45(57)40-19-10-7-11-20-40;/h6-35H,1-5H3;/q-2;/i4D3,5D3,6D,7D,8D,9D,10D,11D,17D,18D,19D,20D;. The topological polar surface area (TPSA) is 40.8 Å². The van der Waals surface area contributed by atoms with Crippen molar-refractivity contribution in [2.45, 2.75) is 45.4 Å². The van der Waals surface area contributed by atoms with Crippen LogP contribution in [0.5, 0.6) is 11.5 Å². The van der Waals surface area contributed by atoms with Gasteiger partial charge in [-0.25, -0.2) is 4.98 Å². The fourth-order valence-corrected chi connectivity index (χ4v) is 9.68. The first-order valence-corrected chi connectivity index (χ1v) is 21.7. The molecule has 12 aromatic rings. The Labute approximate surface area is 432 Å². The normalized spacial score (nSPS) is 16.8. The van der Waals surface area contributed by atoms with E-state index in [0.717, 1.165) is 21.9 Å². The molecule has 332 valence electrons. The van der Waals surface area contributed by atoms with Crippen LogP contribution in [0.4, 0.5) is 0 Å². The van der Waals surface area contributed by atoms with Gasteiger partial charge in [0.05, 0.1) is 30.4 Å². The van der Waals surface area contributed by atoms with Crippen molar-refractivity contribution in [3.63, 3.8) is 0 Å². The van der Waals surface area contributed by atoms with Crippen molar-refractivity contribution >= 4 is 54.6 Å². The van der Waals surface area contributed by atoms with Crippen LogP contribution in [0.1, 0.15) is 67.5 Å². The molecule has 0 spiro atoms. The second kappa shape index (κ2) is 15.5. The predicted molar refractivity (Wildman–Crippen MR) is 271 cm³/mol. The molecule has 8 aromatic carbocycles. The number of hydrogen-bond donors (Lipinski definition) is 0. The molecule has 0 saturated carbocycles. The van der Waals surface area contributed by atoms with Crippen molar-refractivity contribution in [3.8, 4) is 50.9 Å². The number of ether oxygens (including phenoxy) is 1. The van der Waals surface area contributed by atoms with Crippen LogP contribution in [0.15, 0.2) is 182 Å². The van der Waals surface area contributed by atoms with Gasteiger partial charge in [0.1, 0.15) is 11.3 Å². The summed E-state index contributed by atoms with van der Waals surface area (Å²) in [6.07, 6.45) is 5.13. The molecule has 0 fully saturated rings. The molecule has 0 amide bonds. The van der Waals surface area contributed by atoms with Crippen molar-refractivity contribution in [1.82, 2.24) is 18.7 Å². The van der Waals surface area contributed by atoms with Crippen molar-refractivity contribution < 1.29 is 52.3 Å².